The summed E-state index contributed by atoms with van der Waals surface area (Å²) in [5.74, 6) is -0.0337. The van der Waals surface area contributed by atoms with E-state index in [0.29, 0.717) is 32.8 Å². The second-order valence-electron chi connectivity index (χ2n) is 7.75. The molecule has 0 aromatic heterocycles. The zero-order chi connectivity index (χ0) is 21.5. The number of nitrogens with zero attached hydrogens (tertiary/aromatic N) is 1. The number of anilines is 1. The number of morpholine rings is 1. The molecular formula is C23H30N3O3S+. The number of hydrogen-bond acceptors (Lipinski definition) is 4. The molecule has 0 radical (unpaired) electrons. The van der Waals surface area contributed by atoms with Crippen LogP contribution in [0.3, 0.4) is 0 Å². The molecule has 160 valence electrons. The Morgan fingerprint density at radius 1 is 1.07 bits per heavy atom. The molecule has 2 amide bonds. The molecule has 2 aromatic carbocycles. The maximum absolute atomic E-state index is 12.4. The Bertz CT molecular complexity index is 880. The number of likely N-dealkylation sites (N-methyl/N-ethyl adjacent to an activating group) is 1. The molecule has 1 heterocycles. The molecule has 0 saturated carbocycles. The van der Waals surface area contributed by atoms with Gasteiger partial charge in [0.1, 0.15) is 0 Å². The SMILES string of the molecule is Cc1ccc(C)c(Sc2ccc(NC(=O)C[NH+](C)CC(=O)N3CCOCC3)cc2)c1. The molecule has 0 aliphatic carbocycles. The van der Waals surface area contributed by atoms with Gasteiger partial charge >= 0.3 is 0 Å². The number of carbonyl (C=O) groups is 2. The second-order valence-corrected chi connectivity index (χ2v) is 8.86. The lowest BCUT2D eigenvalue weighted by atomic mass is 10.2. The van der Waals surface area contributed by atoms with Crippen LogP contribution >= 0.6 is 11.8 Å². The Balaban J connectivity index is 1.48. The summed E-state index contributed by atoms with van der Waals surface area (Å²) >= 11 is 1.72. The summed E-state index contributed by atoms with van der Waals surface area (Å²) in [6.07, 6.45) is 0. The summed E-state index contributed by atoms with van der Waals surface area (Å²) in [5.41, 5.74) is 3.25. The summed E-state index contributed by atoms with van der Waals surface area (Å²) in [6.45, 7) is 7.18. The maximum atomic E-state index is 12.4. The van der Waals surface area contributed by atoms with Crippen molar-refractivity contribution in [2.75, 3.05) is 51.8 Å². The molecule has 1 unspecified atom stereocenters. The van der Waals surface area contributed by atoms with E-state index in [9.17, 15) is 9.59 Å². The van der Waals surface area contributed by atoms with Crippen LogP contribution in [0.15, 0.2) is 52.3 Å². The summed E-state index contributed by atoms with van der Waals surface area (Å²) in [4.78, 5) is 29.7. The van der Waals surface area contributed by atoms with E-state index in [4.69, 9.17) is 4.74 Å². The zero-order valence-electron chi connectivity index (χ0n) is 17.9. The van der Waals surface area contributed by atoms with Crippen LogP contribution < -0.4 is 10.2 Å². The third-order valence-electron chi connectivity index (χ3n) is 4.99. The van der Waals surface area contributed by atoms with Crippen LogP contribution in [0.4, 0.5) is 5.69 Å². The van der Waals surface area contributed by atoms with E-state index in [-0.39, 0.29) is 18.4 Å². The molecule has 1 aliphatic heterocycles. The fourth-order valence-corrected chi connectivity index (χ4v) is 4.27. The van der Waals surface area contributed by atoms with E-state index in [0.717, 1.165) is 15.5 Å². The smallest absolute Gasteiger partial charge is 0.279 e. The van der Waals surface area contributed by atoms with E-state index in [1.807, 2.05) is 31.3 Å². The summed E-state index contributed by atoms with van der Waals surface area (Å²) in [6, 6.07) is 14.3. The Hall–Kier alpha value is -2.35. The maximum Gasteiger partial charge on any atom is 0.279 e. The number of amides is 2. The van der Waals surface area contributed by atoms with Gasteiger partial charge in [0.15, 0.2) is 13.1 Å². The Kier molecular flexibility index (Phi) is 7.90. The van der Waals surface area contributed by atoms with Crippen molar-refractivity contribution in [1.29, 1.82) is 0 Å². The van der Waals surface area contributed by atoms with E-state index < -0.39 is 0 Å². The summed E-state index contributed by atoms with van der Waals surface area (Å²) < 4.78 is 5.27. The number of benzene rings is 2. The van der Waals surface area contributed by atoms with Crippen molar-refractivity contribution in [3.05, 3.63) is 53.6 Å². The molecule has 7 heteroatoms. The number of aryl methyl sites for hydroxylation is 2. The Labute approximate surface area is 182 Å². The Morgan fingerprint density at radius 3 is 2.47 bits per heavy atom. The first-order chi connectivity index (χ1) is 14.4. The van der Waals surface area contributed by atoms with Crippen molar-refractivity contribution in [2.45, 2.75) is 23.6 Å². The highest BCUT2D eigenvalue weighted by Crippen LogP contribution is 2.31. The third-order valence-corrected chi connectivity index (χ3v) is 6.16. The van der Waals surface area contributed by atoms with Crippen LogP contribution in [-0.4, -0.2) is 63.2 Å². The molecule has 2 aromatic rings. The van der Waals surface area contributed by atoms with Gasteiger partial charge in [-0.1, -0.05) is 23.9 Å². The molecule has 1 saturated heterocycles. The highest BCUT2D eigenvalue weighted by atomic mass is 32.2. The van der Waals surface area contributed by atoms with Crippen molar-refractivity contribution in [2.24, 2.45) is 0 Å². The molecule has 2 N–H and O–H groups in total. The molecule has 3 rings (SSSR count). The van der Waals surface area contributed by atoms with Gasteiger partial charge in [-0.3, -0.25) is 9.59 Å². The lowest BCUT2D eigenvalue weighted by Crippen LogP contribution is -3.11. The van der Waals surface area contributed by atoms with Crippen LogP contribution in [0.5, 0.6) is 0 Å². The average molecular weight is 429 g/mol. The van der Waals surface area contributed by atoms with Gasteiger partial charge in [0, 0.05) is 28.6 Å². The molecule has 1 aliphatic rings. The van der Waals surface area contributed by atoms with E-state index in [1.165, 1.54) is 16.0 Å². The molecule has 0 spiro atoms. The van der Waals surface area contributed by atoms with Gasteiger partial charge in [-0.25, -0.2) is 0 Å². The molecular weight excluding hydrogens is 398 g/mol. The van der Waals surface area contributed by atoms with Gasteiger partial charge < -0.3 is 19.9 Å². The van der Waals surface area contributed by atoms with Crippen LogP contribution in [0.25, 0.3) is 0 Å². The summed E-state index contributed by atoms with van der Waals surface area (Å²) in [7, 11) is 1.86. The molecule has 0 bridgehead atoms. The Morgan fingerprint density at radius 2 is 1.77 bits per heavy atom. The van der Waals surface area contributed by atoms with Crippen molar-refractivity contribution in [1.82, 2.24) is 4.90 Å². The number of quaternary nitrogens is 1. The van der Waals surface area contributed by atoms with Crippen molar-refractivity contribution in [3.8, 4) is 0 Å². The number of rotatable bonds is 7. The van der Waals surface area contributed by atoms with E-state index in [2.05, 4.69) is 37.4 Å². The zero-order valence-corrected chi connectivity index (χ0v) is 18.7. The summed E-state index contributed by atoms with van der Waals surface area (Å²) in [5, 5.41) is 2.92. The normalized spacial score (nSPS) is 15.0. The van der Waals surface area contributed by atoms with Gasteiger partial charge in [-0.15, -0.1) is 0 Å². The average Bonchev–Trinajstić information content (AvgIpc) is 2.72. The quantitative estimate of drug-likeness (QED) is 0.706. The van der Waals surface area contributed by atoms with Gasteiger partial charge in [0.2, 0.25) is 0 Å². The highest BCUT2D eigenvalue weighted by Gasteiger charge is 2.21. The third kappa shape index (κ3) is 6.58. The molecule has 6 nitrogen and oxygen atoms in total. The van der Waals surface area contributed by atoms with Crippen molar-refractivity contribution < 1.29 is 19.2 Å². The standard InChI is InChI=1S/C23H29N3O3S/c1-17-4-5-18(2)21(14-17)30-20-8-6-19(7-9-20)24-22(27)15-25(3)16-23(28)26-10-12-29-13-11-26/h4-9,14H,10-13,15-16H2,1-3H3,(H,24,27)/p+1. The largest absolute Gasteiger partial charge is 0.378 e. The van der Waals surface area contributed by atoms with E-state index in [1.54, 1.807) is 16.7 Å². The predicted octanol–water partition coefficient (Wildman–Crippen LogP) is 1.77. The van der Waals surface area contributed by atoms with Crippen LogP contribution in [0.1, 0.15) is 11.1 Å². The minimum Gasteiger partial charge on any atom is -0.378 e. The lowest BCUT2D eigenvalue weighted by molar-refractivity contribution is -0.862. The molecule has 30 heavy (non-hydrogen) atoms. The van der Waals surface area contributed by atoms with Crippen LogP contribution in [0.2, 0.25) is 0 Å². The predicted molar refractivity (Wildman–Crippen MR) is 119 cm³/mol. The van der Waals surface area contributed by atoms with Gasteiger partial charge in [0.25, 0.3) is 11.8 Å². The van der Waals surface area contributed by atoms with Crippen LogP contribution in [-0.2, 0) is 14.3 Å². The fourth-order valence-electron chi connectivity index (χ4n) is 3.28. The van der Waals surface area contributed by atoms with Gasteiger partial charge in [-0.2, -0.15) is 0 Å². The fraction of sp³-hybridized carbons (Fsp3) is 0.391. The molecule has 1 atom stereocenters. The first kappa shape index (κ1) is 22.3. The first-order valence-electron chi connectivity index (χ1n) is 10.2. The first-order valence-corrected chi connectivity index (χ1v) is 11.0. The number of hydrogen-bond donors (Lipinski definition) is 2. The highest BCUT2D eigenvalue weighted by molar-refractivity contribution is 7.99. The lowest BCUT2D eigenvalue weighted by Gasteiger charge is -2.27. The second kappa shape index (κ2) is 10.6. The van der Waals surface area contributed by atoms with Crippen molar-refractivity contribution >= 4 is 29.3 Å². The van der Waals surface area contributed by atoms with Crippen molar-refractivity contribution in [3.63, 3.8) is 0 Å². The van der Waals surface area contributed by atoms with E-state index >= 15 is 0 Å². The number of nitrogens with one attached hydrogen (secondary N) is 2. The monoisotopic (exact) mass is 428 g/mol. The van der Waals surface area contributed by atoms with Gasteiger partial charge in [0.05, 0.1) is 20.3 Å². The minimum atomic E-state index is -0.0998. The van der Waals surface area contributed by atoms with Gasteiger partial charge in [-0.05, 0) is 55.3 Å². The molecule has 1 fully saturated rings. The number of carbonyl (C=O) groups excluding carboxylic acids is 2. The van der Waals surface area contributed by atoms with Crippen LogP contribution in [0, 0.1) is 13.8 Å². The number of ether oxygens (including phenoxy) is 1. The topological polar surface area (TPSA) is 63.1 Å². The minimum absolute atomic E-state index is 0.0661.